The minimum Gasteiger partial charge on any atom is -0.394 e. The number of amidine groups is 1. The van der Waals surface area contributed by atoms with Crippen molar-refractivity contribution in [2.45, 2.75) is 24.9 Å². The molecule has 40 heavy (non-hydrogen) atoms. The van der Waals surface area contributed by atoms with Gasteiger partial charge in [0.2, 0.25) is 0 Å². The van der Waals surface area contributed by atoms with Gasteiger partial charge in [0.25, 0.3) is 5.91 Å². The van der Waals surface area contributed by atoms with Crippen LogP contribution in [0.3, 0.4) is 0 Å². The average Bonchev–Trinajstić information content (AvgIpc) is 3.45. The number of carbonyl (C=O) groups is 1. The monoisotopic (exact) mass is 583 g/mol. The van der Waals surface area contributed by atoms with Crippen molar-refractivity contribution < 1.29 is 36.2 Å². The number of amides is 1. The Morgan fingerprint density at radius 3 is 2.55 bits per heavy atom. The maximum atomic E-state index is 13.6. The van der Waals surface area contributed by atoms with Crippen molar-refractivity contribution in [2.24, 2.45) is 4.99 Å². The maximum absolute atomic E-state index is 13.6. The Morgan fingerprint density at radius 2 is 1.85 bits per heavy atom. The number of thioether (sulfide) groups is 1. The van der Waals surface area contributed by atoms with Crippen molar-refractivity contribution in [3.63, 3.8) is 0 Å². The molecule has 0 saturated carbocycles. The molecule has 1 aromatic heterocycles. The number of alkyl halides is 6. The molecule has 7 nitrogen and oxygen atoms in total. The van der Waals surface area contributed by atoms with Gasteiger partial charge in [0, 0.05) is 25.0 Å². The minimum atomic E-state index is -4.98. The van der Waals surface area contributed by atoms with Gasteiger partial charge >= 0.3 is 12.4 Å². The third kappa shape index (κ3) is 5.74. The van der Waals surface area contributed by atoms with E-state index in [2.05, 4.69) is 15.0 Å². The number of fused-ring (bicyclic) bond motifs is 1. The number of rotatable bonds is 4. The molecule has 0 radical (unpaired) electrons. The summed E-state index contributed by atoms with van der Waals surface area (Å²) in [4.78, 5) is 21.2. The lowest BCUT2D eigenvalue weighted by Crippen LogP contribution is -2.54. The average molecular weight is 584 g/mol. The third-order valence-corrected chi connectivity index (χ3v) is 7.80. The van der Waals surface area contributed by atoms with E-state index in [0.29, 0.717) is 45.7 Å². The van der Waals surface area contributed by atoms with Gasteiger partial charge in [-0.3, -0.25) is 9.48 Å². The Labute approximate surface area is 228 Å². The first-order valence-corrected chi connectivity index (χ1v) is 13.0. The van der Waals surface area contributed by atoms with Crippen LogP contribution in [0.2, 0.25) is 0 Å². The SMILES string of the molecule is CN1CCN(C2=NC(=O)C(=Cc3ccc4c(cnn4Cc4ccc(C(F)(F)F)cc4C(F)(F)F)c3)S2)[C@@H](CO)C1. The normalized spacial score (nSPS) is 20.1. The van der Waals surface area contributed by atoms with E-state index in [4.69, 9.17) is 0 Å². The molecule has 2 aromatic carbocycles. The Kier molecular flexibility index (Phi) is 7.44. The van der Waals surface area contributed by atoms with E-state index >= 15 is 0 Å². The van der Waals surface area contributed by atoms with Crippen molar-refractivity contribution in [3.05, 3.63) is 69.8 Å². The zero-order chi connectivity index (χ0) is 28.8. The number of halogens is 6. The van der Waals surface area contributed by atoms with Crippen LogP contribution in [0.5, 0.6) is 0 Å². The molecular weight excluding hydrogens is 560 g/mol. The number of aliphatic hydroxyl groups is 1. The summed E-state index contributed by atoms with van der Waals surface area (Å²) in [6, 6.07) is 6.38. The van der Waals surface area contributed by atoms with Gasteiger partial charge in [0.05, 0.1) is 46.9 Å². The molecule has 5 rings (SSSR count). The van der Waals surface area contributed by atoms with Gasteiger partial charge in [-0.25, -0.2) is 0 Å². The van der Waals surface area contributed by atoms with Crippen molar-refractivity contribution in [3.8, 4) is 0 Å². The molecule has 0 unspecified atom stereocenters. The molecule has 212 valence electrons. The van der Waals surface area contributed by atoms with E-state index in [1.54, 1.807) is 24.3 Å². The molecule has 1 fully saturated rings. The molecular formula is C26H23F6N5O2S. The molecule has 3 aromatic rings. The molecule has 0 spiro atoms. The number of hydrogen-bond acceptors (Lipinski definition) is 6. The number of benzene rings is 2. The van der Waals surface area contributed by atoms with Crippen LogP contribution in [-0.4, -0.2) is 75.1 Å². The predicted molar refractivity (Wildman–Crippen MR) is 138 cm³/mol. The zero-order valence-corrected chi connectivity index (χ0v) is 21.8. The van der Waals surface area contributed by atoms with Crippen molar-refractivity contribution in [1.29, 1.82) is 0 Å². The van der Waals surface area contributed by atoms with Crippen LogP contribution in [0.25, 0.3) is 17.0 Å². The summed E-state index contributed by atoms with van der Waals surface area (Å²) in [6.45, 7) is 1.56. The second kappa shape index (κ2) is 10.6. The number of aliphatic imine (C=N–C) groups is 1. The Hall–Kier alpha value is -3.36. The lowest BCUT2D eigenvalue weighted by Gasteiger charge is -2.39. The van der Waals surface area contributed by atoms with Gasteiger partial charge in [-0.2, -0.15) is 36.4 Å². The van der Waals surface area contributed by atoms with E-state index in [-0.39, 0.29) is 30.8 Å². The molecule has 1 saturated heterocycles. The van der Waals surface area contributed by atoms with Gasteiger partial charge in [-0.15, -0.1) is 0 Å². The smallest absolute Gasteiger partial charge is 0.394 e. The second-order valence-corrected chi connectivity index (χ2v) is 10.6. The number of aliphatic hydroxyl groups excluding tert-OH is 1. The van der Waals surface area contributed by atoms with Crippen LogP contribution in [0.1, 0.15) is 22.3 Å². The Morgan fingerprint density at radius 1 is 1.07 bits per heavy atom. The highest BCUT2D eigenvalue weighted by Crippen LogP contribution is 2.38. The number of carbonyl (C=O) groups excluding carboxylic acids is 1. The summed E-state index contributed by atoms with van der Waals surface area (Å²) < 4.78 is 81.1. The van der Waals surface area contributed by atoms with E-state index < -0.39 is 29.4 Å². The van der Waals surface area contributed by atoms with Crippen molar-refractivity contribution in [2.75, 3.05) is 33.3 Å². The number of aromatic nitrogens is 2. The molecule has 3 heterocycles. The van der Waals surface area contributed by atoms with E-state index in [9.17, 15) is 36.2 Å². The second-order valence-electron chi connectivity index (χ2n) is 9.59. The topological polar surface area (TPSA) is 74.0 Å². The van der Waals surface area contributed by atoms with Crippen molar-refractivity contribution in [1.82, 2.24) is 19.6 Å². The fraction of sp³-hybridized carbons (Fsp3) is 0.346. The van der Waals surface area contributed by atoms with Gasteiger partial charge in [0.1, 0.15) is 0 Å². The summed E-state index contributed by atoms with van der Waals surface area (Å²) in [5.41, 5.74) is -1.98. The van der Waals surface area contributed by atoms with E-state index in [1.807, 2.05) is 11.9 Å². The van der Waals surface area contributed by atoms with E-state index in [1.165, 1.54) is 22.6 Å². The molecule has 14 heteroatoms. The first-order valence-electron chi connectivity index (χ1n) is 12.1. The molecule has 0 bridgehead atoms. The van der Waals surface area contributed by atoms with Gasteiger partial charge < -0.3 is 14.9 Å². The quantitative estimate of drug-likeness (QED) is 0.355. The molecule has 0 aliphatic carbocycles. The van der Waals surface area contributed by atoms with Crippen LogP contribution in [0.15, 0.2) is 52.5 Å². The number of piperazine rings is 1. The summed E-state index contributed by atoms with van der Waals surface area (Å²) in [5.74, 6) is -0.409. The van der Waals surface area contributed by atoms with Gasteiger partial charge in [-0.1, -0.05) is 12.1 Å². The lowest BCUT2D eigenvalue weighted by molar-refractivity contribution is -0.143. The van der Waals surface area contributed by atoms with Crippen LogP contribution < -0.4 is 0 Å². The van der Waals surface area contributed by atoms with Crippen molar-refractivity contribution >= 4 is 39.8 Å². The fourth-order valence-electron chi connectivity index (χ4n) is 4.73. The highest BCUT2D eigenvalue weighted by atomic mass is 32.2. The molecule has 2 aliphatic rings. The summed E-state index contributed by atoms with van der Waals surface area (Å²) in [7, 11) is 1.96. The van der Waals surface area contributed by atoms with E-state index in [0.717, 1.165) is 12.6 Å². The fourth-order valence-corrected chi connectivity index (χ4v) is 5.74. The Balaban J connectivity index is 1.37. The predicted octanol–water partition coefficient (Wildman–Crippen LogP) is 4.70. The minimum absolute atomic E-state index is 0.0747. The van der Waals surface area contributed by atoms with Crippen LogP contribution in [0, 0.1) is 0 Å². The highest BCUT2D eigenvalue weighted by molar-refractivity contribution is 8.18. The first kappa shape index (κ1) is 28.2. The summed E-state index contributed by atoms with van der Waals surface area (Å²) in [6.07, 6.45) is -6.79. The molecule has 1 N–H and O–H groups in total. The van der Waals surface area contributed by atoms with Gasteiger partial charge in [0.15, 0.2) is 5.17 Å². The van der Waals surface area contributed by atoms with Crippen LogP contribution >= 0.6 is 11.8 Å². The highest BCUT2D eigenvalue weighted by Gasteiger charge is 2.38. The van der Waals surface area contributed by atoms with Crippen LogP contribution in [-0.2, 0) is 23.7 Å². The number of nitrogens with zero attached hydrogens (tertiary/aromatic N) is 5. The zero-order valence-electron chi connectivity index (χ0n) is 21.0. The number of likely N-dealkylation sites (N-methyl/N-ethyl adjacent to an activating group) is 1. The Bertz CT molecular complexity index is 1510. The summed E-state index contributed by atoms with van der Waals surface area (Å²) >= 11 is 1.21. The number of hydrogen-bond donors (Lipinski definition) is 1. The maximum Gasteiger partial charge on any atom is 0.416 e. The third-order valence-electron chi connectivity index (χ3n) is 6.78. The standard InChI is InChI=1S/C26H23F6N5O2S/c1-35-6-7-36(19(13-35)14-38)24-34-23(39)22(40-24)9-15-2-5-21-17(8-15)11-33-37(21)12-16-3-4-18(25(27,28)29)10-20(16)26(30,31)32/h2-5,8-11,19,38H,6-7,12-14H2,1H3/t19-/m1/s1. The van der Waals surface area contributed by atoms with Gasteiger partial charge in [-0.05, 0) is 60.3 Å². The molecule has 2 aliphatic heterocycles. The lowest BCUT2D eigenvalue weighted by atomic mass is 10.0. The molecule has 1 atom stereocenters. The summed E-state index contributed by atoms with van der Waals surface area (Å²) in [5, 5.41) is 15.0. The largest absolute Gasteiger partial charge is 0.416 e. The molecule has 1 amide bonds. The van der Waals surface area contributed by atoms with Crippen LogP contribution in [0.4, 0.5) is 26.3 Å². The first-order chi connectivity index (χ1) is 18.8.